The summed E-state index contributed by atoms with van der Waals surface area (Å²) in [5.74, 6) is -0.291. The summed E-state index contributed by atoms with van der Waals surface area (Å²) in [5.41, 5.74) is 2.74. The summed E-state index contributed by atoms with van der Waals surface area (Å²) < 4.78 is 5.41. The van der Waals surface area contributed by atoms with Crippen LogP contribution in [0, 0.1) is 6.92 Å². The second-order valence-corrected chi connectivity index (χ2v) is 5.47. The van der Waals surface area contributed by atoms with Gasteiger partial charge in [-0.3, -0.25) is 4.79 Å². The molecule has 0 atom stereocenters. The monoisotopic (exact) mass is 327 g/mol. The first-order chi connectivity index (χ1) is 11.1. The van der Waals surface area contributed by atoms with Crippen molar-refractivity contribution in [3.05, 3.63) is 70.6 Å². The number of benzene rings is 2. The second-order valence-electron chi connectivity index (χ2n) is 5.06. The van der Waals surface area contributed by atoms with Crippen LogP contribution in [-0.4, -0.2) is 16.1 Å². The van der Waals surface area contributed by atoms with Crippen molar-refractivity contribution in [2.24, 2.45) is 0 Å². The predicted molar refractivity (Wildman–Crippen MR) is 87.1 cm³/mol. The molecule has 5 nitrogen and oxygen atoms in total. The fourth-order valence-corrected chi connectivity index (χ4v) is 2.36. The molecule has 6 heteroatoms. The van der Waals surface area contributed by atoms with E-state index in [9.17, 15) is 4.79 Å². The zero-order valence-electron chi connectivity index (χ0n) is 12.4. The highest BCUT2D eigenvalue weighted by Crippen LogP contribution is 2.26. The molecule has 2 aromatic carbocycles. The van der Waals surface area contributed by atoms with Gasteiger partial charge in [0.05, 0.1) is 10.6 Å². The third-order valence-electron chi connectivity index (χ3n) is 3.26. The third-order valence-corrected chi connectivity index (χ3v) is 3.59. The van der Waals surface area contributed by atoms with E-state index in [1.54, 1.807) is 18.2 Å². The Hall–Kier alpha value is -2.66. The lowest BCUT2D eigenvalue weighted by molar-refractivity contribution is 0.0917. The van der Waals surface area contributed by atoms with Gasteiger partial charge in [-0.1, -0.05) is 53.6 Å². The summed E-state index contributed by atoms with van der Waals surface area (Å²) in [6, 6.07) is 15.0. The maximum absolute atomic E-state index is 12.1. The summed E-state index contributed by atoms with van der Waals surface area (Å²) in [6.45, 7) is 2.39. The number of halogens is 1. The molecule has 23 heavy (non-hydrogen) atoms. The molecule has 0 saturated carbocycles. The number of hydrogen-bond acceptors (Lipinski definition) is 4. The smallest absolute Gasteiger partial charge is 0.309 e. The fraction of sp³-hybridized carbons (Fsp3) is 0.118. The highest BCUT2D eigenvalue weighted by atomic mass is 35.5. The molecule has 0 saturated heterocycles. The summed E-state index contributed by atoms with van der Waals surface area (Å²) in [4.78, 5) is 12.1. The Morgan fingerprint density at radius 1 is 1.17 bits per heavy atom. The Morgan fingerprint density at radius 2 is 2.00 bits per heavy atom. The van der Waals surface area contributed by atoms with E-state index in [2.05, 4.69) is 15.5 Å². The lowest BCUT2D eigenvalue weighted by Gasteiger charge is -2.03. The third kappa shape index (κ3) is 3.57. The lowest BCUT2D eigenvalue weighted by atomic mass is 10.1. The average Bonchev–Trinajstić information content (AvgIpc) is 3.03. The quantitative estimate of drug-likeness (QED) is 0.794. The number of rotatable bonds is 4. The topological polar surface area (TPSA) is 68.0 Å². The molecule has 0 bridgehead atoms. The lowest BCUT2D eigenvalue weighted by Crippen LogP contribution is -2.23. The number of nitrogens with one attached hydrogen (secondary N) is 1. The summed E-state index contributed by atoms with van der Waals surface area (Å²) in [7, 11) is 0. The molecule has 3 aromatic rings. The van der Waals surface area contributed by atoms with E-state index >= 15 is 0 Å². The van der Waals surface area contributed by atoms with Gasteiger partial charge in [0.25, 0.3) is 0 Å². The molecule has 0 fully saturated rings. The van der Waals surface area contributed by atoms with Gasteiger partial charge in [0.2, 0.25) is 5.89 Å². The van der Waals surface area contributed by atoms with Crippen LogP contribution in [0.3, 0.4) is 0 Å². The molecule has 1 heterocycles. The van der Waals surface area contributed by atoms with E-state index < -0.39 is 5.91 Å². The minimum atomic E-state index is -0.419. The highest BCUT2D eigenvalue weighted by Gasteiger charge is 2.16. The van der Waals surface area contributed by atoms with Crippen molar-refractivity contribution in [1.82, 2.24) is 15.5 Å². The van der Waals surface area contributed by atoms with E-state index in [-0.39, 0.29) is 11.8 Å². The van der Waals surface area contributed by atoms with Crippen LogP contribution in [0.5, 0.6) is 0 Å². The molecule has 1 N–H and O–H groups in total. The fourth-order valence-electron chi connectivity index (χ4n) is 2.14. The Bertz CT molecular complexity index is 845. The maximum Gasteiger partial charge on any atom is 0.309 e. The summed E-state index contributed by atoms with van der Waals surface area (Å²) >= 11 is 6.08. The number of amides is 1. The van der Waals surface area contributed by atoms with Crippen molar-refractivity contribution in [1.29, 1.82) is 0 Å². The number of hydrogen-bond donors (Lipinski definition) is 1. The summed E-state index contributed by atoms with van der Waals surface area (Å²) in [5, 5.41) is 10.9. The van der Waals surface area contributed by atoms with Crippen LogP contribution >= 0.6 is 11.6 Å². The van der Waals surface area contributed by atoms with Crippen LogP contribution in [0.2, 0.25) is 5.02 Å². The van der Waals surface area contributed by atoms with Gasteiger partial charge in [0.1, 0.15) is 0 Å². The molecule has 1 aromatic heterocycles. The average molecular weight is 328 g/mol. The van der Waals surface area contributed by atoms with Crippen LogP contribution in [0.1, 0.15) is 21.8 Å². The molecule has 116 valence electrons. The second kappa shape index (κ2) is 6.62. The van der Waals surface area contributed by atoms with Crippen LogP contribution in [0.25, 0.3) is 11.5 Å². The first-order valence-corrected chi connectivity index (χ1v) is 7.43. The van der Waals surface area contributed by atoms with Crippen LogP contribution in [-0.2, 0) is 6.54 Å². The largest absolute Gasteiger partial charge is 0.412 e. The Morgan fingerprint density at radius 3 is 2.78 bits per heavy atom. The van der Waals surface area contributed by atoms with E-state index in [0.717, 1.165) is 11.1 Å². The van der Waals surface area contributed by atoms with Crippen molar-refractivity contribution in [3.63, 3.8) is 0 Å². The van der Waals surface area contributed by atoms with E-state index in [0.29, 0.717) is 17.1 Å². The van der Waals surface area contributed by atoms with E-state index in [4.69, 9.17) is 16.0 Å². The number of aryl methyl sites for hydroxylation is 1. The minimum absolute atomic E-state index is 0.0902. The number of carbonyl (C=O) groups is 1. The molecule has 0 aliphatic rings. The van der Waals surface area contributed by atoms with Gasteiger partial charge < -0.3 is 9.73 Å². The van der Waals surface area contributed by atoms with Gasteiger partial charge in [-0.05, 0) is 24.6 Å². The first-order valence-electron chi connectivity index (χ1n) is 7.05. The van der Waals surface area contributed by atoms with Crippen molar-refractivity contribution in [2.75, 3.05) is 0 Å². The zero-order valence-corrected chi connectivity index (χ0v) is 13.2. The maximum atomic E-state index is 12.1. The molecule has 0 spiro atoms. The zero-order chi connectivity index (χ0) is 16.2. The molecule has 3 rings (SSSR count). The van der Waals surface area contributed by atoms with Crippen molar-refractivity contribution in [3.8, 4) is 11.5 Å². The van der Waals surface area contributed by atoms with Gasteiger partial charge in [0, 0.05) is 6.54 Å². The van der Waals surface area contributed by atoms with E-state index in [1.165, 1.54) is 0 Å². The molecule has 0 aliphatic heterocycles. The van der Waals surface area contributed by atoms with Crippen LogP contribution in [0.15, 0.2) is 52.9 Å². The van der Waals surface area contributed by atoms with E-state index in [1.807, 2.05) is 37.3 Å². The standard InChI is InChI=1S/C17H14ClN3O2/c1-11-5-4-6-12(9-11)10-19-15(22)17-21-20-16(23-17)13-7-2-3-8-14(13)18/h2-9H,10H2,1H3,(H,19,22). The number of carbonyl (C=O) groups excluding carboxylic acids is 1. The van der Waals surface area contributed by atoms with Crippen molar-refractivity contribution in [2.45, 2.75) is 13.5 Å². The molecule has 0 radical (unpaired) electrons. The normalized spacial score (nSPS) is 10.5. The number of aromatic nitrogens is 2. The number of nitrogens with zero attached hydrogens (tertiary/aromatic N) is 2. The summed E-state index contributed by atoms with van der Waals surface area (Å²) in [6.07, 6.45) is 0. The Balaban J connectivity index is 1.70. The first kappa shape index (κ1) is 15.2. The molecular formula is C17H14ClN3O2. The molecule has 1 amide bonds. The minimum Gasteiger partial charge on any atom is -0.412 e. The Labute approximate surface area is 138 Å². The SMILES string of the molecule is Cc1cccc(CNC(=O)c2nnc(-c3ccccc3Cl)o2)c1. The van der Waals surface area contributed by atoms with Gasteiger partial charge in [-0.25, -0.2) is 0 Å². The molecule has 0 unspecified atom stereocenters. The van der Waals surface area contributed by atoms with Gasteiger partial charge in [-0.2, -0.15) is 0 Å². The molecular weight excluding hydrogens is 314 g/mol. The van der Waals surface area contributed by atoms with Crippen LogP contribution < -0.4 is 5.32 Å². The van der Waals surface area contributed by atoms with Crippen LogP contribution in [0.4, 0.5) is 0 Å². The van der Waals surface area contributed by atoms with Crippen molar-refractivity contribution < 1.29 is 9.21 Å². The highest BCUT2D eigenvalue weighted by molar-refractivity contribution is 6.33. The van der Waals surface area contributed by atoms with Gasteiger partial charge in [0.15, 0.2) is 0 Å². The molecule has 0 aliphatic carbocycles. The van der Waals surface area contributed by atoms with Gasteiger partial charge in [-0.15, -0.1) is 10.2 Å². The van der Waals surface area contributed by atoms with Gasteiger partial charge >= 0.3 is 11.8 Å². The Kier molecular flexibility index (Phi) is 4.39. The predicted octanol–water partition coefficient (Wildman–Crippen LogP) is 3.63. The van der Waals surface area contributed by atoms with Crippen molar-refractivity contribution >= 4 is 17.5 Å².